The predicted octanol–water partition coefficient (Wildman–Crippen LogP) is 4.13. The van der Waals surface area contributed by atoms with E-state index in [-0.39, 0.29) is 5.41 Å². The van der Waals surface area contributed by atoms with Crippen LogP contribution in [0.25, 0.3) is 0 Å². The van der Waals surface area contributed by atoms with Crippen LogP contribution in [-0.2, 0) is 5.41 Å². The maximum atomic E-state index is 4.68. The van der Waals surface area contributed by atoms with Crippen LogP contribution in [0.5, 0.6) is 0 Å². The summed E-state index contributed by atoms with van der Waals surface area (Å²) in [5.41, 5.74) is 4.84. The smallest absolute Gasteiger partial charge is 0.0474 e. The Morgan fingerprint density at radius 1 is 1.06 bits per heavy atom. The molecule has 0 N–H and O–H groups in total. The van der Waals surface area contributed by atoms with Crippen molar-refractivity contribution in [2.24, 2.45) is 0 Å². The highest BCUT2D eigenvalue weighted by Gasteiger charge is 2.36. The molecule has 86 valence electrons. The van der Waals surface area contributed by atoms with Gasteiger partial charge in [0.1, 0.15) is 0 Å². The molecule has 0 aromatic carbocycles. The van der Waals surface area contributed by atoms with E-state index in [1.54, 1.807) is 11.1 Å². The third-order valence-corrected chi connectivity index (χ3v) is 3.74. The van der Waals surface area contributed by atoms with Crippen molar-refractivity contribution in [3.8, 4) is 0 Å². The molecule has 1 aromatic rings. The van der Waals surface area contributed by atoms with Gasteiger partial charge in [-0.25, -0.2) is 0 Å². The normalized spacial score (nSPS) is 21.2. The van der Waals surface area contributed by atoms with Crippen LogP contribution >= 0.6 is 0 Å². The number of nitrogens with zero attached hydrogens (tertiary/aromatic N) is 1. The molecule has 0 spiro atoms. The molecule has 1 heteroatoms. The van der Waals surface area contributed by atoms with Gasteiger partial charge in [-0.15, -0.1) is 0 Å². The largest absolute Gasteiger partial charge is 0.261 e. The summed E-state index contributed by atoms with van der Waals surface area (Å²) in [4.78, 5) is 4.68. The molecule has 3 rings (SSSR count). The molecule has 16 heavy (non-hydrogen) atoms. The summed E-state index contributed by atoms with van der Waals surface area (Å²) in [6, 6.07) is 2.27. The highest BCUT2D eigenvalue weighted by molar-refractivity contribution is 5.42. The van der Waals surface area contributed by atoms with Crippen LogP contribution in [0.4, 0.5) is 0 Å². The van der Waals surface area contributed by atoms with E-state index in [4.69, 9.17) is 0 Å². The molecule has 0 saturated heterocycles. The predicted molar refractivity (Wildman–Crippen MR) is 66.9 cm³/mol. The molecule has 2 saturated carbocycles. The van der Waals surface area contributed by atoms with Crippen LogP contribution in [-0.4, -0.2) is 4.98 Å². The number of pyridine rings is 1. The molecule has 1 heterocycles. The molecule has 0 radical (unpaired) electrons. The molecular weight excluding hydrogens is 194 g/mol. The molecule has 1 nitrogen and oxygen atoms in total. The van der Waals surface area contributed by atoms with Gasteiger partial charge in [0.2, 0.25) is 0 Å². The lowest BCUT2D eigenvalue weighted by Gasteiger charge is -2.25. The van der Waals surface area contributed by atoms with Crippen molar-refractivity contribution in [1.82, 2.24) is 4.98 Å². The average Bonchev–Trinajstić information content (AvgIpc) is 3.07. The van der Waals surface area contributed by atoms with E-state index in [2.05, 4.69) is 31.8 Å². The lowest BCUT2D eigenvalue weighted by molar-refractivity contribution is 0.569. The second-order valence-electron chi connectivity index (χ2n) is 6.46. The van der Waals surface area contributed by atoms with Crippen molar-refractivity contribution in [1.29, 1.82) is 0 Å². The van der Waals surface area contributed by atoms with Gasteiger partial charge < -0.3 is 0 Å². The van der Waals surface area contributed by atoms with Gasteiger partial charge in [-0.05, 0) is 54.2 Å². The SMILES string of the molecule is CC(C)(C)c1c(C2CC2)ccnc1C1CC1. The van der Waals surface area contributed by atoms with E-state index >= 15 is 0 Å². The number of aromatic nitrogens is 1. The highest BCUT2D eigenvalue weighted by Crippen LogP contribution is 2.49. The summed E-state index contributed by atoms with van der Waals surface area (Å²) in [7, 11) is 0. The van der Waals surface area contributed by atoms with Crippen molar-refractivity contribution in [2.45, 2.75) is 63.7 Å². The van der Waals surface area contributed by atoms with Crippen molar-refractivity contribution in [3.63, 3.8) is 0 Å². The van der Waals surface area contributed by atoms with Gasteiger partial charge in [0.05, 0.1) is 0 Å². The Morgan fingerprint density at radius 3 is 2.19 bits per heavy atom. The first-order chi connectivity index (χ1) is 7.57. The van der Waals surface area contributed by atoms with Gasteiger partial charge in [0.25, 0.3) is 0 Å². The van der Waals surface area contributed by atoms with Crippen molar-refractivity contribution >= 4 is 0 Å². The summed E-state index contributed by atoms with van der Waals surface area (Å²) in [5, 5.41) is 0. The Morgan fingerprint density at radius 2 is 1.69 bits per heavy atom. The van der Waals surface area contributed by atoms with Gasteiger partial charge >= 0.3 is 0 Å². The van der Waals surface area contributed by atoms with Crippen LogP contribution in [0, 0.1) is 0 Å². The van der Waals surface area contributed by atoms with E-state index in [9.17, 15) is 0 Å². The molecule has 0 unspecified atom stereocenters. The van der Waals surface area contributed by atoms with Crippen molar-refractivity contribution in [3.05, 3.63) is 29.1 Å². The molecule has 0 atom stereocenters. The van der Waals surface area contributed by atoms with E-state index in [1.807, 2.05) is 6.20 Å². The van der Waals surface area contributed by atoms with E-state index in [0.29, 0.717) is 0 Å². The van der Waals surface area contributed by atoms with Crippen LogP contribution in [0.15, 0.2) is 12.3 Å². The second kappa shape index (κ2) is 3.32. The fourth-order valence-electron chi connectivity index (χ4n) is 2.71. The van der Waals surface area contributed by atoms with Crippen LogP contribution in [0.3, 0.4) is 0 Å². The zero-order valence-electron chi connectivity index (χ0n) is 10.6. The number of rotatable bonds is 2. The Balaban J connectivity index is 2.13. The van der Waals surface area contributed by atoms with Gasteiger partial charge in [-0.1, -0.05) is 20.8 Å². The minimum Gasteiger partial charge on any atom is -0.261 e. The summed E-state index contributed by atoms with van der Waals surface area (Å²) in [6.07, 6.45) is 7.51. The Kier molecular flexibility index (Phi) is 2.14. The van der Waals surface area contributed by atoms with E-state index in [0.717, 1.165) is 11.8 Å². The van der Waals surface area contributed by atoms with Crippen molar-refractivity contribution < 1.29 is 0 Å². The summed E-state index contributed by atoms with van der Waals surface area (Å²) in [6.45, 7) is 7.01. The topological polar surface area (TPSA) is 12.9 Å². The Hall–Kier alpha value is -0.850. The third kappa shape index (κ3) is 1.77. The van der Waals surface area contributed by atoms with E-state index < -0.39 is 0 Å². The van der Waals surface area contributed by atoms with Crippen molar-refractivity contribution in [2.75, 3.05) is 0 Å². The average molecular weight is 215 g/mol. The monoisotopic (exact) mass is 215 g/mol. The highest BCUT2D eigenvalue weighted by atomic mass is 14.7. The maximum absolute atomic E-state index is 4.68. The van der Waals surface area contributed by atoms with Gasteiger partial charge in [-0.3, -0.25) is 4.98 Å². The zero-order valence-corrected chi connectivity index (χ0v) is 10.6. The third-order valence-electron chi connectivity index (χ3n) is 3.74. The minimum absolute atomic E-state index is 0.254. The molecule has 0 bridgehead atoms. The van der Waals surface area contributed by atoms with Crippen LogP contribution in [0.1, 0.15) is 75.1 Å². The Bertz CT molecular complexity index is 376. The zero-order chi connectivity index (χ0) is 11.3. The molecule has 0 aliphatic heterocycles. The van der Waals surface area contributed by atoms with Crippen LogP contribution < -0.4 is 0 Å². The minimum atomic E-state index is 0.254. The lowest BCUT2D eigenvalue weighted by Crippen LogP contribution is -2.18. The van der Waals surface area contributed by atoms with Gasteiger partial charge in [0, 0.05) is 17.8 Å². The molecule has 2 aliphatic carbocycles. The van der Waals surface area contributed by atoms with Gasteiger partial charge in [0.15, 0.2) is 0 Å². The first-order valence-electron chi connectivity index (χ1n) is 6.56. The standard InChI is InChI=1S/C15H21N/c1-15(2,3)13-12(10-4-5-10)8-9-16-14(13)11-6-7-11/h8-11H,4-7H2,1-3H3. The molecule has 0 amide bonds. The summed E-state index contributed by atoms with van der Waals surface area (Å²) >= 11 is 0. The Labute approximate surface area is 98.3 Å². The van der Waals surface area contributed by atoms with Gasteiger partial charge in [-0.2, -0.15) is 0 Å². The number of hydrogen-bond acceptors (Lipinski definition) is 1. The second-order valence-corrected chi connectivity index (χ2v) is 6.46. The molecule has 2 fully saturated rings. The van der Waals surface area contributed by atoms with Crippen LogP contribution in [0.2, 0.25) is 0 Å². The molecular formula is C15H21N. The quantitative estimate of drug-likeness (QED) is 0.722. The summed E-state index contributed by atoms with van der Waals surface area (Å²) < 4.78 is 0. The first kappa shape index (κ1) is 10.3. The first-order valence-corrected chi connectivity index (χ1v) is 6.56. The number of hydrogen-bond donors (Lipinski definition) is 0. The summed E-state index contributed by atoms with van der Waals surface area (Å²) in [5.74, 6) is 1.61. The molecule has 1 aromatic heterocycles. The maximum Gasteiger partial charge on any atom is 0.0474 e. The lowest BCUT2D eigenvalue weighted by atomic mass is 9.80. The van der Waals surface area contributed by atoms with E-state index in [1.165, 1.54) is 31.4 Å². The fourth-order valence-corrected chi connectivity index (χ4v) is 2.71. The fraction of sp³-hybridized carbons (Fsp3) is 0.667. The molecule has 2 aliphatic rings.